The molecule has 4 heteroatoms. The minimum atomic E-state index is 0.147. The molecule has 1 aromatic heterocycles. The van der Waals surface area contributed by atoms with Crippen molar-refractivity contribution in [3.8, 4) is 5.75 Å². The summed E-state index contributed by atoms with van der Waals surface area (Å²) >= 11 is 0. The van der Waals surface area contributed by atoms with Gasteiger partial charge in [0.05, 0.1) is 6.10 Å². The van der Waals surface area contributed by atoms with E-state index in [4.69, 9.17) is 10.5 Å². The molecule has 4 nitrogen and oxygen atoms in total. The third-order valence-corrected chi connectivity index (χ3v) is 3.54. The zero-order chi connectivity index (χ0) is 13.8. The van der Waals surface area contributed by atoms with Crippen molar-refractivity contribution in [3.05, 3.63) is 18.3 Å². The molecule has 2 unspecified atom stereocenters. The van der Waals surface area contributed by atoms with Gasteiger partial charge in [-0.25, -0.2) is 4.98 Å². The van der Waals surface area contributed by atoms with Gasteiger partial charge in [0.1, 0.15) is 0 Å². The first-order valence-electron chi connectivity index (χ1n) is 7.23. The fraction of sp³-hybridized carbons (Fsp3) is 0.667. The molecular formula is C15H25N3O. The molecule has 0 bridgehead atoms. The van der Waals surface area contributed by atoms with Crippen LogP contribution >= 0.6 is 0 Å². The predicted molar refractivity (Wildman–Crippen MR) is 78.6 cm³/mol. The highest BCUT2D eigenvalue weighted by atomic mass is 16.5. The summed E-state index contributed by atoms with van der Waals surface area (Å²) in [5, 5.41) is 0. The number of nitrogens with zero attached hydrogens (tertiary/aromatic N) is 2. The number of anilines is 1. The van der Waals surface area contributed by atoms with Crippen molar-refractivity contribution >= 4 is 5.82 Å². The second kappa shape index (κ2) is 6.24. The van der Waals surface area contributed by atoms with Gasteiger partial charge in [-0.2, -0.15) is 0 Å². The van der Waals surface area contributed by atoms with Crippen LogP contribution in [0.1, 0.15) is 40.0 Å². The molecule has 0 aromatic carbocycles. The Morgan fingerprint density at radius 1 is 1.37 bits per heavy atom. The lowest BCUT2D eigenvalue weighted by molar-refractivity contribution is 0.240. The Kier molecular flexibility index (Phi) is 4.64. The van der Waals surface area contributed by atoms with Crippen LogP contribution in [-0.2, 0) is 0 Å². The SMILES string of the molecule is CC(C)Oc1cccnc1N1CCCCC1C(C)N. The molecule has 2 atom stereocenters. The van der Waals surface area contributed by atoms with Crippen molar-refractivity contribution in [3.63, 3.8) is 0 Å². The normalized spacial score (nSPS) is 21.5. The van der Waals surface area contributed by atoms with Crippen LogP contribution in [0.5, 0.6) is 5.75 Å². The average molecular weight is 263 g/mol. The van der Waals surface area contributed by atoms with Gasteiger partial charge >= 0.3 is 0 Å². The summed E-state index contributed by atoms with van der Waals surface area (Å²) < 4.78 is 5.88. The summed E-state index contributed by atoms with van der Waals surface area (Å²) in [6.07, 6.45) is 5.56. The number of ether oxygens (including phenoxy) is 1. The van der Waals surface area contributed by atoms with Crippen LogP contribution in [0.4, 0.5) is 5.82 Å². The first-order chi connectivity index (χ1) is 9.09. The van der Waals surface area contributed by atoms with Gasteiger partial charge in [-0.15, -0.1) is 0 Å². The molecule has 1 aliphatic heterocycles. The minimum absolute atomic E-state index is 0.147. The molecule has 2 rings (SSSR count). The number of hydrogen-bond acceptors (Lipinski definition) is 4. The zero-order valence-electron chi connectivity index (χ0n) is 12.2. The second-order valence-corrected chi connectivity index (χ2v) is 5.61. The molecule has 2 heterocycles. The van der Waals surface area contributed by atoms with Crippen LogP contribution in [0, 0.1) is 0 Å². The van der Waals surface area contributed by atoms with Crippen molar-refractivity contribution in [1.82, 2.24) is 4.98 Å². The van der Waals surface area contributed by atoms with E-state index in [0.29, 0.717) is 6.04 Å². The Balaban J connectivity index is 2.28. The molecule has 19 heavy (non-hydrogen) atoms. The topological polar surface area (TPSA) is 51.4 Å². The maximum Gasteiger partial charge on any atom is 0.171 e. The third kappa shape index (κ3) is 3.38. The van der Waals surface area contributed by atoms with Gasteiger partial charge in [0, 0.05) is 24.8 Å². The Bertz CT molecular complexity index is 406. The van der Waals surface area contributed by atoms with Gasteiger partial charge < -0.3 is 15.4 Å². The molecule has 0 amide bonds. The van der Waals surface area contributed by atoms with Crippen LogP contribution in [0.2, 0.25) is 0 Å². The molecule has 0 radical (unpaired) electrons. The lowest BCUT2D eigenvalue weighted by atomic mass is 9.97. The number of aromatic nitrogens is 1. The smallest absolute Gasteiger partial charge is 0.171 e. The number of nitrogens with two attached hydrogens (primary N) is 1. The fourth-order valence-corrected chi connectivity index (χ4v) is 2.71. The summed E-state index contributed by atoms with van der Waals surface area (Å²) in [4.78, 5) is 6.86. The minimum Gasteiger partial charge on any atom is -0.487 e. The molecule has 1 aromatic rings. The molecule has 0 aliphatic carbocycles. The van der Waals surface area contributed by atoms with Gasteiger partial charge in [-0.3, -0.25) is 0 Å². The lowest BCUT2D eigenvalue weighted by Gasteiger charge is -2.39. The third-order valence-electron chi connectivity index (χ3n) is 3.54. The van der Waals surface area contributed by atoms with E-state index >= 15 is 0 Å². The molecule has 1 aliphatic rings. The highest BCUT2D eigenvalue weighted by molar-refractivity contribution is 5.53. The first-order valence-corrected chi connectivity index (χ1v) is 7.23. The monoisotopic (exact) mass is 263 g/mol. The lowest BCUT2D eigenvalue weighted by Crippen LogP contribution is -2.49. The fourth-order valence-electron chi connectivity index (χ4n) is 2.71. The van der Waals surface area contributed by atoms with Crippen molar-refractivity contribution in [2.75, 3.05) is 11.4 Å². The molecule has 106 valence electrons. The number of hydrogen-bond donors (Lipinski definition) is 1. The van der Waals surface area contributed by atoms with Crippen LogP contribution < -0.4 is 15.4 Å². The van der Waals surface area contributed by atoms with Crippen molar-refractivity contribution in [2.24, 2.45) is 5.73 Å². The van der Waals surface area contributed by atoms with Crippen molar-refractivity contribution < 1.29 is 4.74 Å². The van der Waals surface area contributed by atoms with Crippen LogP contribution in [0.3, 0.4) is 0 Å². The zero-order valence-corrected chi connectivity index (χ0v) is 12.2. The van der Waals surface area contributed by atoms with E-state index in [9.17, 15) is 0 Å². The van der Waals surface area contributed by atoms with Crippen LogP contribution in [-0.4, -0.2) is 29.7 Å². The van der Waals surface area contributed by atoms with E-state index < -0.39 is 0 Å². The van der Waals surface area contributed by atoms with E-state index in [1.165, 1.54) is 12.8 Å². The van der Waals surface area contributed by atoms with Crippen LogP contribution in [0.25, 0.3) is 0 Å². The average Bonchev–Trinajstić information content (AvgIpc) is 2.38. The Labute approximate surface area is 116 Å². The van der Waals surface area contributed by atoms with Gasteiger partial charge in [-0.1, -0.05) is 0 Å². The number of rotatable bonds is 4. The Hall–Kier alpha value is -1.29. The Morgan fingerprint density at radius 2 is 2.16 bits per heavy atom. The Morgan fingerprint density at radius 3 is 2.84 bits per heavy atom. The van der Waals surface area contributed by atoms with Gasteiger partial charge in [0.25, 0.3) is 0 Å². The van der Waals surface area contributed by atoms with E-state index in [2.05, 4.69) is 16.8 Å². The van der Waals surface area contributed by atoms with E-state index in [1.54, 1.807) is 0 Å². The van der Waals surface area contributed by atoms with Crippen molar-refractivity contribution in [1.29, 1.82) is 0 Å². The summed E-state index contributed by atoms with van der Waals surface area (Å²) in [7, 11) is 0. The highest BCUT2D eigenvalue weighted by Crippen LogP contribution is 2.32. The number of piperidine rings is 1. The largest absolute Gasteiger partial charge is 0.487 e. The van der Waals surface area contributed by atoms with Gasteiger partial charge in [0.2, 0.25) is 0 Å². The summed E-state index contributed by atoms with van der Waals surface area (Å²) in [6.45, 7) is 7.17. The first kappa shape index (κ1) is 14.1. The van der Waals surface area contributed by atoms with Crippen molar-refractivity contribution in [2.45, 2.75) is 58.2 Å². The molecular weight excluding hydrogens is 238 g/mol. The quantitative estimate of drug-likeness (QED) is 0.907. The molecule has 0 spiro atoms. The van der Waals surface area contributed by atoms with E-state index in [1.807, 2.05) is 32.2 Å². The van der Waals surface area contributed by atoms with Gasteiger partial charge in [-0.05, 0) is 52.2 Å². The standard InChI is InChI=1S/C15H25N3O/c1-11(2)19-14-8-6-9-17-15(14)18-10-5-4-7-13(18)12(3)16/h6,8-9,11-13H,4-5,7,10,16H2,1-3H3. The summed E-state index contributed by atoms with van der Waals surface area (Å²) in [5.74, 6) is 1.81. The van der Waals surface area contributed by atoms with Gasteiger partial charge in [0.15, 0.2) is 11.6 Å². The number of pyridine rings is 1. The molecule has 1 saturated heterocycles. The molecule has 1 fully saturated rings. The molecule has 0 saturated carbocycles. The highest BCUT2D eigenvalue weighted by Gasteiger charge is 2.28. The summed E-state index contributed by atoms with van der Waals surface area (Å²) in [5.41, 5.74) is 6.14. The maximum atomic E-state index is 6.14. The molecule has 2 N–H and O–H groups in total. The van der Waals surface area contributed by atoms with E-state index in [0.717, 1.165) is 24.5 Å². The summed E-state index contributed by atoms with van der Waals surface area (Å²) in [6, 6.07) is 4.42. The van der Waals surface area contributed by atoms with Crippen LogP contribution in [0.15, 0.2) is 18.3 Å². The van der Waals surface area contributed by atoms with E-state index in [-0.39, 0.29) is 12.1 Å². The maximum absolute atomic E-state index is 6.14. The predicted octanol–water partition coefficient (Wildman–Crippen LogP) is 2.57. The second-order valence-electron chi connectivity index (χ2n) is 5.61.